The van der Waals surface area contributed by atoms with Gasteiger partial charge in [0.05, 0.1) is 18.2 Å². The highest BCUT2D eigenvalue weighted by Crippen LogP contribution is 2.17. The lowest BCUT2D eigenvalue weighted by Gasteiger charge is -1.99. The van der Waals surface area contributed by atoms with Gasteiger partial charge in [0.1, 0.15) is 11.8 Å². The van der Waals surface area contributed by atoms with E-state index in [9.17, 15) is 4.79 Å². The lowest BCUT2D eigenvalue weighted by atomic mass is 10.4. The van der Waals surface area contributed by atoms with Gasteiger partial charge in [0, 0.05) is 0 Å². The third kappa shape index (κ3) is 1.38. The van der Waals surface area contributed by atoms with Crippen LogP contribution in [0.4, 0.5) is 5.69 Å². The number of nitrogen functional groups attached to an aromatic ring is 1. The number of carbonyl (C=O) groups is 1. The fraction of sp³-hybridized carbons (Fsp3) is 0. The van der Waals surface area contributed by atoms with E-state index in [1.165, 1.54) is 23.5 Å². The molecular formula is C9H8N8O. The van der Waals surface area contributed by atoms with Gasteiger partial charge < -0.3 is 16.5 Å². The standard InChI is InChI=1S/C9H8N8O/c10-4-1-17(16-5(4)7(11)18)9-6-8(13-2-12-6)14-3-15-9/h1-3H,10H2,(H2,11,18)(H,12,13,14,15). The number of nitrogens with zero attached hydrogens (tertiary/aromatic N) is 5. The molecule has 1 amide bonds. The third-order valence-electron chi connectivity index (χ3n) is 2.40. The van der Waals surface area contributed by atoms with Crippen LogP contribution in [0.5, 0.6) is 0 Å². The van der Waals surface area contributed by atoms with Gasteiger partial charge in [-0.3, -0.25) is 4.79 Å². The molecular weight excluding hydrogens is 236 g/mol. The summed E-state index contributed by atoms with van der Waals surface area (Å²) < 4.78 is 1.36. The molecule has 3 heterocycles. The number of amides is 1. The van der Waals surface area contributed by atoms with Gasteiger partial charge in [-0.1, -0.05) is 0 Å². The first-order valence-electron chi connectivity index (χ1n) is 4.96. The number of aromatic amines is 1. The van der Waals surface area contributed by atoms with Gasteiger partial charge in [-0.25, -0.2) is 19.6 Å². The summed E-state index contributed by atoms with van der Waals surface area (Å²) in [5.74, 6) is -0.252. The highest BCUT2D eigenvalue weighted by atomic mass is 16.1. The first-order chi connectivity index (χ1) is 8.66. The Labute approximate surface area is 99.9 Å². The Morgan fingerprint density at radius 3 is 2.89 bits per heavy atom. The molecule has 0 fully saturated rings. The molecule has 3 aromatic heterocycles. The first kappa shape index (κ1) is 10.2. The molecule has 0 aliphatic rings. The van der Waals surface area contributed by atoms with Crippen LogP contribution in [0.15, 0.2) is 18.9 Å². The number of rotatable bonds is 2. The van der Waals surface area contributed by atoms with Crippen LogP contribution >= 0.6 is 0 Å². The zero-order valence-electron chi connectivity index (χ0n) is 9.03. The van der Waals surface area contributed by atoms with E-state index < -0.39 is 5.91 Å². The van der Waals surface area contributed by atoms with E-state index in [1.54, 1.807) is 0 Å². The highest BCUT2D eigenvalue weighted by molar-refractivity contribution is 5.96. The van der Waals surface area contributed by atoms with Crippen LogP contribution in [0.2, 0.25) is 0 Å². The van der Waals surface area contributed by atoms with Crippen LogP contribution in [0.3, 0.4) is 0 Å². The Hall–Kier alpha value is -2.97. The van der Waals surface area contributed by atoms with Gasteiger partial charge in [0.15, 0.2) is 17.2 Å². The molecule has 0 radical (unpaired) electrons. The molecule has 3 rings (SSSR count). The van der Waals surface area contributed by atoms with E-state index in [2.05, 4.69) is 25.0 Å². The van der Waals surface area contributed by atoms with E-state index >= 15 is 0 Å². The molecule has 0 saturated carbocycles. The summed E-state index contributed by atoms with van der Waals surface area (Å²) in [5, 5.41) is 3.99. The Kier molecular flexibility index (Phi) is 1.99. The fourth-order valence-electron chi connectivity index (χ4n) is 1.61. The first-order valence-corrected chi connectivity index (χ1v) is 4.96. The van der Waals surface area contributed by atoms with Crippen LogP contribution in [0.25, 0.3) is 17.0 Å². The van der Waals surface area contributed by atoms with Crippen molar-refractivity contribution in [3.63, 3.8) is 0 Å². The number of carbonyl (C=O) groups excluding carboxylic acids is 1. The molecule has 9 nitrogen and oxygen atoms in total. The number of anilines is 1. The minimum absolute atomic E-state index is 0.00118. The summed E-state index contributed by atoms with van der Waals surface area (Å²) in [4.78, 5) is 26.0. The molecule has 0 spiro atoms. The van der Waals surface area contributed by atoms with E-state index in [-0.39, 0.29) is 11.4 Å². The lowest BCUT2D eigenvalue weighted by Crippen LogP contribution is -2.14. The summed E-state index contributed by atoms with van der Waals surface area (Å²) in [7, 11) is 0. The minimum Gasteiger partial charge on any atom is -0.396 e. The number of H-pyrrole nitrogens is 1. The molecule has 0 atom stereocenters. The van der Waals surface area contributed by atoms with Crippen LogP contribution in [0.1, 0.15) is 10.5 Å². The Bertz CT molecular complexity index is 742. The molecule has 90 valence electrons. The summed E-state index contributed by atoms with van der Waals surface area (Å²) in [6, 6.07) is 0. The van der Waals surface area contributed by atoms with Crippen LogP contribution < -0.4 is 11.5 Å². The van der Waals surface area contributed by atoms with Crippen LogP contribution in [-0.2, 0) is 0 Å². The topological polar surface area (TPSA) is 141 Å². The van der Waals surface area contributed by atoms with Crippen molar-refractivity contribution in [3.05, 3.63) is 24.5 Å². The quantitative estimate of drug-likeness (QED) is 0.539. The predicted molar refractivity (Wildman–Crippen MR) is 61.7 cm³/mol. The number of primary amides is 1. The minimum atomic E-state index is -0.693. The average molecular weight is 244 g/mol. The summed E-state index contributed by atoms with van der Waals surface area (Å²) in [5.41, 5.74) is 12.1. The van der Waals surface area contributed by atoms with Gasteiger partial charge in [-0.2, -0.15) is 5.10 Å². The van der Waals surface area contributed by atoms with Crippen molar-refractivity contribution in [2.75, 3.05) is 5.73 Å². The van der Waals surface area contributed by atoms with Crippen molar-refractivity contribution in [2.24, 2.45) is 5.73 Å². The Morgan fingerprint density at radius 2 is 2.17 bits per heavy atom. The van der Waals surface area contributed by atoms with E-state index in [0.717, 1.165) is 0 Å². The SMILES string of the molecule is NC(=O)c1nn(-c2ncnc3nc[nH]c23)cc1N. The fourth-order valence-corrected chi connectivity index (χ4v) is 1.61. The summed E-state index contributed by atoms with van der Waals surface area (Å²) in [6.07, 6.45) is 4.30. The maximum Gasteiger partial charge on any atom is 0.271 e. The number of fused-ring (bicyclic) bond motifs is 1. The second-order valence-corrected chi connectivity index (χ2v) is 3.54. The van der Waals surface area contributed by atoms with Crippen molar-refractivity contribution < 1.29 is 4.79 Å². The van der Waals surface area contributed by atoms with E-state index in [4.69, 9.17) is 11.5 Å². The molecule has 0 saturated heterocycles. The van der Waals surface area contributed by atoms with Crippen molar-refractivity contribution in [1.82, 2.24) is 29.7 Å². The Morgan fingerprint density at radius 1 is 1.33 bits per heavy atom. The second-order valence-electron chi connectivity index (χ2n) is 3.54. The van der Waals surface area contributed by atoms with Crippen molar-refractivity contribution in [2.45, 2.75) is 0 Å². The lowest BCUT2D eigenvalue weighted by molar-refractivity contribution is 0.0996. The van der Waals surface area contributed by atoms with Crippen molar-refractivity contribution >= 4 is 22.8 Å². The molecule has 0 aliphatic heterocycles. The monoisotopic (exact) mass is 244 g/mol. The summed E-state index contributed by atoms with van der Waals surface area (Å²) in [6.45, 7) is 0. The zero-order chi connectivity index (χ0) is 12.7. The number of hydrogen-bond donors (Lipinski definition) is 3. The van der Waals surface area contributed by atoms with Crippen LogP contribution in [0, 0.1) is 0 Å². The second kappa shape index (κ2) is 3.52. The average Bonchev–Trinajstić information content (AvgIpc) is 2.94. The molecule has 0 aromatic carbocycles. The van der Waals surface area contributed by atoms with Crippen LogP contribution in [-0.4, -0.2) is 35.6 Å². The molecule has 18 heavy (non-hydrogen) atoms. The van der Waals surface area contributed by atoms with E-state index in [0.29, 0.717) is 17.0 Å². The molecule has 0 bridgehead atoms. The van der Waals surface area contributed by atoms with Gasteiger partial charge in [0.25, 0.3) is 5.91 Å². The van der Waals surface area contributed by atoms with Gasteiger partial charge in [-0.15, -0.1) is 0 Å². The maximum atomic E-state index is 11.1. The number of hydrogen-bond acceptors (Lipinski definition) is 6. The molecule has 3 aromatic rings. The number of nitrogens with one attached hydrogen (secondary N) is 1. The molecule has 0 unspecified atom stereocenters. The van der Waals surface area contributed by atoms with Gasteiger partial charge in [-0.05, 0) is 0 Å². The predicted octanol–water partition coefficient (Wildman–Crippen LogP) is -0.780. The van der Waals surface area contributed by atoms with E-state index in [1.807, 2.05) is 0 Å². The van der Waals surface area contributed by atoms with Crippen molar-refractivity contribution in [3.8, 4) is 5.82 Å². The van der Waals surface area contributed by atoms with Gasteiger partial charge >= 0.3 is 0 Å². The third-order valence-corrected chi connectivity index (χ3v) is 2.40. The Balaban J connectivity index is 2.23. The molecule has 0 aliphatic carbocycles. The summed E-state index contributed by atoms with van der Waals surface area (Å²) >= 11 is 0. The largest absolute Gasteiger partial charge is 0.396 e. The number of aromatic nitrogens is 6. The smallest absolute Gasteiger partial charge is 0.271 e. The normalized spacial score (nSPS) is 10.9. The molecule has 5 N–H and O–H groups in total. The molecule has 9 heteroatoms. The number of nitrogens with two attached hydrogens (primary N) is 2. The van der Waals surface area contributed by atoms with Crippen molar-refractivity contribution in [1.29, 1.82) is 0 Å². The zero-order valence-corrected chi connectivity index (χ0v) is 9.03. The number of imidazole rings is 1. The maximum absolute atomic E-state index is 11.1. The van der Waals surface area contributed by atoms with Gasteiger partial charge in [0.2, 0.25) is 0 Å². The highest BCUT2D eigenvalue weighted by Gasteiger charge is 2.15.